The van der Waals surface area contributed by atoms with Crippen LogP contribution >= 0.6 is 11.3 Å². The van der Waals surface area contributed by atoms with E-state index in [1.807, 2.05) is 23.5 Å². The Kier molecular flexibility index (Phi) is 4.04. The fraction of sp³-hybridized carbons (Fsp3) is 0. The van der Waals surface area contributed by atoms with Crippen LogP contribution in [0.3, 0.4) is 0 Å². The topological polar surface area (TPSA) is 33.9 Å². The lowest BCUT2D eigenvalue weighted by Gasteiger charge is -2.25. The number of thiophene rings is 1. The van der Waals surface area contributed by atoms with Crippen LogP contribution in [0.4, 0.5) is 0 Å². The molecule has 0 spiro atoms. The molecule has 3 nitrogen and oxygen atoms in total. The summed E-state index contributed by atoms with van der Waals surface area (Å²) in [4.78, 5) is 5.03. The second kappa shape index (κ2) is 7.77. The Morgan fingerprint density at radius 1 is 0.651 bits per heavy atom. The van der Waals surface area contributed by atoms with E-state index in [-0.39, 0.29) is 0 Å². The van der Waals surface area contributed by atoms with Gasteiger partial charge in [0, 0.05) is 53.8 Å². The Bertz CT molecular complexity index is 2830. The number of furan rings is 1. The number of H-pyrrole nitrogens is 1. The largest absolute Gasteiger partial charge is 0.440 e. The molecule has 1 N–H and O–H groups in total. The van der Waals surface area contributed by atoms with Crippen molar-refractivity contribution in [3.8, 4) is 16.8 Å². The number of benzene rings is 6. The maximum absolute atomic E-state index is 6.30. The molecule has 11 rings (SSSR count). The zero-order valence-corrected chi connectivity index (χ0v) is 23.8. The maximum atomic E-state index is 6.30. The van der Waals surface area contributed by atoms with Gasteiger partial charge in [0.05, 0.1) is 10.9 Å². The summed E-state index contributed by atoms with van der Waals surface area (Å²) in [6.45, 7) is 0. The van der Waals surface area contributed by atoms with Crippen molar-refractivity contribution in [1.29, 1.82) is 0 Å². The van der Waals surface area contributed by atoms with Crippen molar-refractivity contribution in [3.05, 3.63) is 115 Å². The van der Waals surface area contributed by atoms with E-state index < -0.39 is 0 Å². The van der Waals surface area contributed by atoms with Gasteiger partial charge in [0.15, 0.2) is 7.28 Å². The number of nitrogens with one attached hydrogen (secondary N) is 1. The SMILES string of the molecule is B1c2c(-c3cccc4c3[nH]c3oc5ccccc5c34)cc3ccccc3c2-n2c3sc4ccccc4c3c3cccc1c32. The summed E-state index contributed by atoms with van der Waals surface area (Å²) in [5.74, 6) is 0. The van der Waals surface area contributed by atoms with Gasteiger partial charge in [0.2, 0.25) is 5.71 Å². The monoisotopic (exact) mass is 564 g/mol. The van der Waals surface area contributed by atoms with Crippen molar-refractivity contribution in [2.75, 3.05) is 0 Å². The molecule has 5 heteroatoms. The molecule has 1 aliphatic heterocycles. The Balaban J connectivity index is 1.31. The van der Waals surface area contributed by atoms with Crippen molar-refractivity contribution in [2.24, 2.45) is 0 Å². The second-order valence-electron chi connectivity index (χ2n) is 11.7. The lowest BCUT2D eigenvalue weighted by molar-refractivity contribution is 0.657. The summed E-state index contributed by atoms with van der Waals surface area (Å²) < 4.78 is 10.2. The third-order valence-electron chi connectivity index (χ3n) is 9.57. The summed E-state index contributed by atoms with van der Waals surface area (Å²) >= 11 is 1.91. The van der Waals surface area contributed by atoms with Crippen LogP contribution in [-0.4, -0.2) is 16.8 Å². The molecule has 5 heterocycles. The van der Waals surface area contributed by atoms with Crippen molar-refractivity contribution < 1.29 is 4.42 Å². The summed E-state index contributed by atoms with van der Waals surface area (Å²) in [6, 6.07) is 42.0. The summed E-state index contributed by atoms with van der Waals surface area (Å²) in [5.41, 5.74) is 10.8. The van der Waals surface area contributed by atoms with Crippen LogP contribution in [0.25, 0.3) is 91.8 Å². The molecule has 10 aromatic rings. The second-order valence-corrected chi connectivity index (χ2v) is 12.8. The van der Waals surface area contributed by atoms with E-state index in [0.29, 0.717) is 0 Å². The smallest absolute Gasteiger partial charge is 0.206 e. The van der Waals surface area contributed by atoms with E-state index in [9.17, 15) is 0 Å². The number of aromatic amines is 1. The minimum absolute atomic E-state index is 0.836. The average Bonchev–Trinajstić information content (AvgIpc) is 3.79. The number of nitrogens with zero attached hydrogens (tertiary/aromatic N) is 1. The third-order valence-corrected chi connectivity index (χ3v) is 10.7. The first-order valence-electron chi connectivity index (χ1n) is 14.7. The number of fused-ring (bicyclic) bond motifs is 14. The highest BCUT2D eigenvalue weighted by Gasteiger charge is 2.29. The zero-order valence-electron chi connectivity index (χ0n) is 22.9. The summed E-state index contributed by atoms with van der Waals surface area (Å²) in [7, 11) is 0.887. The first-order chi connectivity index (χ1) is 21.3. The van der Waals surface area contributed by atoms with E-state index in [1.54, 1.807) is 0 Å². The number of hydrogen-bond acceptors (Lipinski definition) is 2. The van der Waals surface area contributed by atoms with Crippen LogP contribution in [0.15, 0.2) is 120 Å². The molecule has 0 saturated heterocycles. The number of para-hydroxylation sites is 3. The molecule has 0 atom stereocenters. The summed E-state index contributed by atoms with van der Waals surface area (Å²) in [6.07, 6.45) is 0. The normalized spacial score (nSPS) is 12.8. The molecule has 0 saturated carbocycles. The fourth-order valence-corrected chi connectivity index (χ4v) is 9.07. The van der Waals surface area contributed by atoms with Gasteiger partial charge < -0.3 is 14.0 Å². The minimum atomic E-state index is 0.836. The van der Waals surface area contributed by atoms with Gasteiger partial charge in [-0.05, 0) is 34.6 Å². The van der Waals surface area contributed by atoms with Crippen LogP contribution < -0.4 is 10.9 Å². The van der Waals surface area contributed by atoms with Crippen LogP contribution in [0, 0.1) is 0 Å². The molecule has 0 fully saturated rings. The van der Waals surface area contributed by atoms with Gasteiger partial charge in [-0.25, -0.2) is 0 Å². The highest BCUT2D eigenvalue weighted by Crippen LogP contribution is 2.45. The molecule has 43 heavy (non-hydrogen) atoms. The summed E-state index contributed by atoms with van der Waals surface area (Å²) in [5, 5.41) is 10.1. The number of rotatable bonds is 1. The Hall–Kier alpha value is -5.26. The molecule has 0 unspecified atom stereocenters. The Morgan fingerprint density at radius 3 is 2.37 bits per heavy atom. The van der Waals surface area contributed by atoms with Gasteiger partial charge in [-0.15, -0.1) is 11.3 Å². The molecule has 4 aromatic heterocycles. The highest BCUT2D eigenvalue weighted by atomic mass is 32.1. The van der Waals surface area contributed by atoms with E-state index in [4.69, 9.17) is 4.42 Å². The first-order valence-corrected chi connectivity index (χ1v) is 15.6. The Morgan fingerprint density at radius 2 is 1.42 bits per heavy atom. The minimum Gasteiger partial charge on any atom is -0.440 e. The van der Waals surface area contributed by atoms with Crippen molar-refractivity contribution >= 4 is 104 Å². The fourth-order valence-electron chi connectivity index (χ4n) is 7.84. The van der Waals surface area contributed by atoms with Gasteiger partial charge in [-0.1, -0.05) is 103 Å². The quantitative estimate of drug-likeness (QED) is 0.199. The molecule has 0 bridgehead atoms. The van der Waals surface area contributed by atoms with E-state index in [1.165, 1.54) is 75.1 Å². The molecule has 198 valence electrons. The molecular weight excluding hydrogens is 543 g/mol. The molecule has 6 aromatic carbocycles. The van der Waals surface area contributed by atoms with Crippen molar-refractivity contribution in [2.45, 2.75) is 0 Å². The average molecular weight is 564 g/mol. The number of aromatic nitrogens is 2. The molecule has 0 aliphatic carbocycles. The third kappa shape index (κ3) is 2.72. The van der Waals surface area contributed by atoms with Crippen LogP contribution in [-0.2, 0) is 0 Å². The van der Waals surface area contributed by atoms with Gasteiger partial charge in [-0.2, -0.15) is 0 Å². The first kappa shape index (κ1) is 22.4. The maximum Gasteiger partial charge on any atom is 0.206 e. The predicted molar refractivity (Wildman–Crippen MR) is 185 cm³/mol. The zero-order chi connectivity index (χ0) is 27.8. The van der Waals surface area contributed by atoms with Gasteiger partial charge in [-0.3, -0.25) is 0 Å². The lowest BCUT2D eigenvalue weighted by atomic mass is 9.58. The Labute approximate surface area is 249 Å². The van der Waals surface area contributed by atoms with Crippen LogP contribution in [0.2, 0.25) is 0 Å². The van der Waals surface area contributed by atoms with Crippen molar-refractivity contribution in [1.82, 2.24) is 9.55 Å². The van der Waals surface area contributed by atoms with Gasteiger partial charge in [0.1, 0.15) is 10.4 Å². The van der Waals surface area contributed by atoms with E-state index in [0.717, 1.165) is 34.9 Å². The standard InChI is InChI=1S/C38H21BN2OS/c1-2-10-21-20(9-1)19-27(22-13-7-14-25-31-23-11-3-5-17-29(23)42-37(31)40-34(22)25)33-36(21)41-35-26(15-8-16-28(35)39-33)32-24-12-4-6-18-30(24)43-38(32)41/h1-19,39-40H. The van der Waals surface area contributed by atoms with Crippen LogP contribution in [0.5, 0.6) is 0 Å². The van der Waals surface area contributed by atoms with E-state index in [2.05, 4.69) is 113 Å². The molecule has 0 radical (unpaired) electrons. The molecular formula is C38H21BN2OS. The van der Waals surface area contributed by atoms with Gasteiger partial charge >= 0.3 is 0 Å². The van der Waals surface area contributed by atoms with Crippen LogP contribution in [0.1, 0.15) is 0 Å². The number of hydrogen-bond donors (Lipinski definition) is 1. The van der Waals surface area contributed by atoms with Crippen molar-refractivity contribution in [3.63, 3.8) is 0 Å². The van der Waals surface area contributed by atoms with E-state index >= 15 is 0 Å². The predicted octanol–water partition coefficient (Wildman–Crippen LogP) is 8.90. The lowest BCUT2D eigenvalue weighted by Crippen LogP contribution is -2.37. The van der Waals surface area contributed by atoms with Gasteiger partial charge in [0.25, 0.3) is 0 Å². The highest BCUT2D eigenvalue weighted by molar-refractivity contribution is 7.25. The molecule has 1 aliphatic rings. The molecule has 0 amide bonds.